The zero-order chi connectivity index (χ0) is 17.6. The molecule has 1 aliphatic carbocycles. The van der Waals surface area contributed by atoms with Crippen molar-refractivity contribution in [3.05, 3.63) is 39.9 Å². The molecule has 1 aliphatic heterocycles. The van der Waals surface area contributed by atoms with E-state index in [0.29, 0.717) is 29.3 Å². The van der Waals surface area contributed by atoms with Crippen LogP contribution in [0, 0.1) is 0 Å². The van der Waals surface area contributed by atoms with Gasteiger partial charge < -0.3 is 0 Å². The van der Waals surface area contributed by atoms with Gasteiger partial charge in [-0.2, -0.15) is 0 Å². The van der Waals surface area contributed by atoms with Crippen LogP contribution in [0.1, 0.15) is 39.3 Å². The van der Waals surface area contributed by atoms with Gasteiger partial charge in [0.05, 0.1) is 17.6 Å². The third-order valence-electron chi connectivity index (χ3n) is 4.66. The maximum absolute atomic E-state index is 12.5. The van der Waals surface area contributed by atoms with Crippen LogP contribution in [0.3, 0.4) is 0 Å². The number of hydrogen-bond acceptors (Lipinski definition) is 5. The number of benzene rings is 1. The second-order valence-electron chi connectivity index (χ2n) is 6.48. The number of carbonyl (C=O) groups is 1. The summed E-state index contributed by atoms with van der Waals surface area (Å²) in [5, 5.41) is 3.53. The van der Waals surface area contributed by atoms with E-state index in [4.69, 9.17) is 0 Å². The van der Waals surface area contributed by atoms with Gasteiger partial charge in [0.25, 0.3) is 5.91 Å². The molecule has 0 spiro atoms. The quantitative estimate of drug-likeness (QED) is 0.892. The number of hydrogen-bond donors (Lipinski definition) is 1. The van der Waals surface area contributed by atoms with Gasteiger partial charge in [-0.3, -0.25) is 14.4 Å². The minimum atomic E-state index is -3.28. The molecule has 4 rings (SSSR count). The number of nitrogens with zero attached hydrogens (tertiary/aromatic N) is 2. The minimum absolute atomic E-state index is 0.202. The molecule has 0 fully saturated rings. The molecule has 1 amide bonds. The topological polar surface area (TPSA) is 79.4 Å². The van der Waals surface area contributed by atoms with Gasteiger partial charge in [0.15, 0.2) is 5.13 Å². The van der Waals surface area contributed by atoms with Crippen molar-refractivity contribution < 1.29 is 13.2 Å². The van der Waals surface area contributed by atoms with Crippen LogP contribution in [0.5, 0.6) is 0 Å². The number of nitrogens with one attached hydrogen (secondary N) is 1. The number of sulfonamides is 1. The van der Waals surface area contributed by atoms with Crippen molar-refractivity contribution in [1.82, 2.24) is 4.98 Å². The van der Waals surface area contributed by atoms with Crippen LogP contribution in [-0.4, -0.2) is 32.1 Å². The first-order valence-electron chi connectivity index (χ1n) is 8.32. The summed E-state index contributed by atoms with van der Waals surface area (Å²) in [7, 11) is -3.28. The third kappa shape index (κ3) is 3.16. The number of carbonyl (C=O) groups excluding carboxylic acids is 1. The highest BCUT2D eigenvalue weighted by Crippen LogP contribution is 2.32. The molecule has 2 aliphatic rings. The van der Waals surface area contributed by atoms with Gasteiger partial charge in [0, 0.05) is 17.0 Å². The summed E-state index contributed by atoms with van der Waals surface area (Å²) in [6.07, 6.45) is 6.20. The Labute approximate surface area is 150 Å². The van der Waals surface area contributed by atoms with Crippen molar-refractivity contribution in [2.45, 2.75) is 32.1 Å². The molecular formula is C17H19N3O3S2. The lowest BCUT2D eigenvalue weighted by Gasteiger charge is -2.16. The fourth-order valence-electron chi connectivity index (χ4n) is 3.43. The molecular weight excluding hydrogens is 358 g/mol. The van der Waals surface area contributed by atoms with Gasteiger partial charge in [0.2, 0.25) is 10.0 Å². The number of aromatic nitrogens is 1. The van der Waals surface area contributed by atoms with Gasteiger partial charge in [-0.25, -0.2) is 13.4 Å². The lowest BCUT2D eigenvalue weighted by molar-refractivity contribution is 0.102. The van der Waals surface area contributed by atoms with Crippen LogP contribution in [0.4, 0.5) is 10.8 Å². The molecule has 132 valence electrons. The SMILES string of the molecule is CS(=O)(=O)N1CCc2cc(C(=O)Nc3nc4c(s3)CCCC4)ccc21. The highest BCUT2D eigenvalue weighted by molar-refractivity contribution is 7.92. The zero-order valence-electron chi connectivity index (χ0n) is 13.9. The monoisotopic (exact) mass is 377 g/mol. The normalized spacial score (nSPS) is 16.4. The summed E-state index contributed by atoms with van der Waals surface area (Å²) >= 11 is 1.56. The van der Waals surface area contributed by atoms with Crippen LogP contribution in [0.2, 0.25) is 0 Å². The number of aryl methyl sites for hydroxylation is 2. The Morgan fingerprint density at radius 3 is 2.80 bits per heavy atom. The van der Waals surface area contributed by atoms with Gasteiger partial charge in [-0.05, 0) is 55.9 Å². The Kier molecular flexibility index (Phi) is 4.04. The van der Waals surface area contributed by atoms with Crippen LogP contribution < -0.4 is 9.62 Å². The van der Waals surface area contributed by atoms with E-state index in [0.717, 1.165) is 30.5 Å². The number of thiazole rings is 1. The smallest absolute Gasteiger partial charge is 0.257 e. The van der Waals surface area contributed by atoms with Crippen molar-refractivity contribution in [3.8, 4) is 0 Å². The zero-order valence-corrected chi connectivity index (χ0v) is 15.5. The van der Waals surface area contributed by atoms with E-state index < -0.39 is 10.0 Å². The van der Waals surface area contributed by atoms with Gasteiger partial charge in [0.1, 0.15) is 0 Å². The first-order chi connectivity index (χ1) is 11.9. The minimum Gasteiger partial charge on any atom is -0.298 e. The first kappa shape index (κ1) is 16.5. The fourth-order valence-corrected chi connectivity index (χ4v) is 5.44. The number of anilines is 2. The first-order valence-corrected chi connectivity index (χ1v) is 11.0. The molecule has 8 heteroatoms. The Hall–Kier alpha value is -1.93. The summed E-state index contributed by atoms with van der Waals surface area (Å²) in [6, 6.07) is 5.17. The maximum Gasteiger partial charge on any atom is 0.257 e. The highest BCUT2D eigenvalue weighted by Gasteiger charge is 2.27. The molecule has 0 atom stereocenters. The molecule has 1 N–H and O–H groups in total. The van der Waals surface area contributed by atoms with Crippen molar-refractivity contribution in [1.29, 1.82) is 0 Å². The van der Waals surface area contributed by atoms with Crippen molar-refractivity contribution in [2.24, 2.45) is 0 Å². The van der Waals surface area contributed by atoms with Gasteiger partial charge >= 0.3 is 0 Å². The molecule has 0 saturated heterocycles. The number of amides is 1. The third-order valence-corrected chi connectivity index (χ3v) is 6.91. The maximum atomic E-state index is 12.5. The standard InChI is InChI=1S/C17H19N3O3S2/c1-25(22,23)20-9-8-11-10-12(6-7-14(11)20)16(21)19-17-18-13-4-2-3-5-15(13)24-17/h6-7,10H,2-5,8-9H2,1H3,(H,18,19,21). The van der Waals surface area contributed by atoms with Crippen LogP contribution in [0.25, 0.3) is 0 Å². The lowest BCUT2D eigenvalue weighted by Crippen LogP contribution is -2.27. The van der Waals surface area contributed by atoms with Crippen LogP contribution >= 0.6 is 11.3 Å². The lowest BCUT2D eigenvalue weighted by atomic mass is 10.0. The predicted octanol–water partition coefficient (Wildman–Crippen LogP) is 2.60. The van der Waals surface area contributed by atoms with E-state index in [1.165, 1.54) is 21.9 Å². The van der Waals surface area contributed by atoms with Gasteiger partial charge in [-0.15, -0.1) is 11.3 Å². The molecule has 0 radical (unpaired) electrons. The molecule has 0 unspecified atom stereocenters. The van der Waals surface area contributed by atoms with Crippen molar-refractivity contribution in [2.75, 3.05) is 22.4 Å². The number of fused-ring (bicyclic) bond motifs is 2. The van der Waals surface area contributed by atoms with Crippen LogP contribution in [0.15, 0.2) is 18.2 Å². The van der Waals surface area contributed by atoms with E-state index in [1.807, 2.05) is 0 Å². The summed E-state index contributed by atoms with van der Waals surface area (Å²) in [6.45, 7) is 0.429. The average Bonchev–Trinajstić information content (AvgIpc) is 3.16. The second-order valence-corrected chi connectivity index (χ2v) is 9.47. The molecule has 1 aromatic carbocycles. The predicted molar refractivity (Wildman–Crippen MR) is 99.0 cm³/mol. The molecule has 2 aromatic rings. The molecule has 0 bridgehead atoms. The van der Waals surface area contributed by atoms with E-state index in [-0.39, 0.29) is 5.91 Å². The Morgan fingerprint density at radius 1 is 1.24 bits per heavy atom. The summed E-state index contributed by atoms with van der Waals surface area (Å²) < 4.78 is 25.0. The van der Waals surface area contributed by atoms with Crippen LogP contribution in [-0.2, 0) is 29.3 Å². The second kappa shape index (κ2) is 6.10. The van der Waals surface area contributed by atoms with E-state index >= 15 is 0 Å². The Balaban J connectivity index is 1.54. The summed E-state index contributed by atoms with van der Waals surface area (Å²) in [5.41, 5.74) is 3.20. The van der Waals surface area contributed by atoms with Gasteiger partial charge in [-0.1, -0.05) is 0 Å². The number of rotatable bonds is 3. The van der Waals surface area contributed by atoms with Crippen molar-refractivity contribution in [3.63, 3.8) is 0 Å². The average molecular weight is 377 g/mol. The molecule has 25 heavy (non-hydrogen) atoms. The molecule has 2 heterocycles. The molecule has 0 saturated carbocycles. The Morgan fingerprint density at radius 2 is 2.04 bits per heavy atom. The van der Waals surface area contributed by atoms with E-state index in [1.54, 1.807) is 29.5 Å². The van der Waals surface area contributed by atoms with E-state index in [9.17, 15) is 13.2 Å². The Bertz CT molecular complexity index is 927. The van der Waals surface area contributed by atoms with E-state index in [2.05, 4.69) is 10.3 Å². The summed E-state index contributed by atoms with van der Waals surface area (Å²) in [5.74, 6) is -0.202. The summed E-state index contributed by atoms with van der Waals surface area (Å²) in [4.78, 5) is 18.3. The molecule has 1 aromatic heterocycles. The largest absolute Gasteiger partial charge is 0.298 e. The highest BCUT2D eigenvalue weighted by atomic mass is 32.2. The van der Waals surface area contributed by atoms with Crippen molar-refractivity contribution >= 4 is 38.1 Å². The fraction of sp³-hybridized carbons (Fsp3) is 0.412. The molecule has 6 nitrogen and oxygen atoms in total.